The maximum absolute atomic E-state index is 5.59. The van der Waals surface area contributed by atoms with Gasteiger partial charge in [0.2, 0.25) is 0 Å². The molecule has 3 rings (SSSR count). The number of benzene rings is 1. The van der Waals surface area contributed by atoms with E-state index in [1.54, 1.807) is 7.11 Å². The monoisotopic (exact) mass is 277 g/mol. The molecule has 0 N–H and O–H groups in total. The van der Waals surface area contributed by atoms with Crippen LogP contribution in [0.25, 0.3) is 11.3 Å². The van der Waals surface area contributed by atoms with Crippen LogP contribution in [0.3, 0.4) is 0 Å². The van der Waals surface area contributed by atoms with Crippen molar-refractivity contribution in [3.63, 3.8) is 0 Å². The Bertz CT molecular complexity index is 573. The molecule has 0 saturated carbocycles. The van der Waals surface area contributed by atoms with Gasteiger partial charge in [0.1, 0.15) is 5.75 Å². The highest BCUT2D eigenvalue weighted by atomic mass is 32.1. The predicted octanol–water partition coefficient (Wildman–Crippen LogP) is 3.52. The number of aromatic nitrogens is 1. The molecule has 4 nitrogen and oxygen atoms in total. The second kappa shape index (κ2) is 4.92. The van der Waals surface area contributed by atoms with Gasteiger partial charge < -0.3 is 14.2 Å². The van der Waals surface area contributed by atoms with Crippen LogP contribution < -0.4 is 4.74 Å². The van der Waals surface area contributed by atoms with Gasteiger partial charge in [-0.1, -0.05) is 0 Å². The number of aryl methyl sites for hydroxylation is 1. The first kappa shape index (κ1) is 12.6. The van der Waals surface area contributed by atoms with Crippen molar-refractivity contribution < 1.29 is 14.2 Å². The van der Waals surface area contributed by atoms with Crippen molar-refractivity contribution in [2.75, 3.05) is 7.11 Å². The molecule has 1 aromatic carbocycles. The standard InChI is InChI=1S/C14H15NO3S/c1-8-12(14-17-9(2)18-14)13(15-19-8)10-4-6-11(16-3)7-5-10/h4-7,9,14H,1-3H3. The zero-order valence-corrected chi connectivity index (χ0v) is 11.9. The molecule has 0 spiro atoms. The fourth-order valence-electron chi connectivity index (χ4n) is 2.11. The van der Waals surface area contributed by atoms with Crippen LogP contribution in [0.4, 0.5) is 0 Å². The third-order valence-corrected chi connectivity index (χ3v) is 3.91. The summed E-state index contributed by atoms with van der Waals surface area (Å²) in [6.45, 7) is 3.93. The fraction of sp³-hybridized carbons (Fsp3) is 0.357. The molecule has 1 aliphatic heterocycles. The van der Waals surface area contributed by atoms with Crippen LogP contribution in [0, 0.1) is 6.92 Å². The van der Waals surface area contributed by atoms with Gasteiger partial charge in [-0.2, -0.15) is 4.37 Å². The van der Waals surface area contributed by atoms with Crippen LogP contribution in [0.5, 0.6) is 5.75 Å². The lowest BCUT2D eigenvalue weighted by molar-refractivity contribution is -0.382. The molecule has 0 aliphatic carbocycles. The van der Waals surface area contributed by atoms with Gasteiger partial charge in [0.15, 0.2) is 12.6 Å². The van der Waals surface area contributed by atoms with E-state index in [0.717, 1.165) is 27.4 Å². The Kier molecular flexibility index (Phi) is 3.26. The number of hydrogen-bond acceptors (Lipinski definition) is 5. The summed E-state index contributed by atoms with van der Waals surface area (Å²) in [5, 5.41) is 0. The first-order chi connectivity index (χ1) is 9.19. The first-order valence-corrected chi connectivity index (χ1v) is 6.88. The number of methoxy groups -OCH3 is 1. The Morgan fingerprint density at radius 2 is 1.89 bits per heavy atom. The topological polar surface area (TPSA) is 40.6 Å². The molecule has 0 amide bonds. The van der Waals surface area contributed by atoms with E-state index in [1.807, 2.05) is 38.1 Å². The van der Waals surface area contributed by atoms with E-state index < -0.39 is 0 Å². The highest BCUT2D eigenvalue weighted by molar-refractivity contribution is 7.06. The van der Waals surface area contributed by atoms with E-state index in [0.29, 0.717) is 0 Å². The molecule has 1 aliphatic rings. The Hall–Kier alpha value is -1.43. The lowest BCUT2D eigenvalue weighted by atomic mass is 10.1. The number of nitrogens with zero attached hydrogens (tertiary/aromatic N) is 1. The second-order valence-electron chi connectivity index (χ2n) is 4.40. The van der Waals surface area contributed by atoms with Crippen LogP contribution >= 0.6 is 11.5 Å². The largest absolute Gasteiger partial charge is 0.497 e. The van der Waals surface area contributed by atoms with Gasteiger partial charge in [0.05, 0.1) is 12.8 Å². The maximum atomic E-state index is 5.59. The average Bonchev–Trinajstić information content (AvgIpc) is 2.77. The summed E-state index contributed by atoms with van der Waals surface area (Å²) in [6, 6.07) is 7.86. The summed E-state index contributed by atoms with van der Waals surface area (Å²) in [5.74, 6) is 0.835. The highest BCUT2D eigenvalue weighted by Crippen LogP contribution is 2.40. The smallest absolute Gasteiger partial charge is 0.193 e. The minimum atomic E-state index is -0.286. The van der Waals surface area contributed by atoms with E-state index in [9.17, 15) is 0 Å². The molecule has 1 saturated heterocycles. The van der Waals surface area contributed by atoms with Crippen LogP contribution in [0.1, 0.15) is 23.7 Å². The third-order valence-electron chi connectivity index (χ3n) is 3.14. The molecule has 100 valence electrons. The summed E-state index contributed by atoms with van der Waals surface area (Å²) in [5.41, 5.74) is 3.02. The first-order valence-electron chi connectivity index (χ1n) is 6.10. The molecule has 5 heteroatoms. The molecular weight excluding hydrogens is 262 g/mol. The van der Waals surface area contributed by atoms with Crippen molar-refractivity contribution in [1.82, 2.24) is 4.37 Å². The molecule has 19 heavy (non-hydrogen) atoms. The van der Waals surface area contributed by atoms with Crippen molar-refractivity contribution in [1.29, 1.82) is 0 Å². The van der Waals surface area contributed by atoms with Gasteiger partial charge in [-0.15, -0.1) is 0 Å². The maximum Gasteiger partial charge on any atom is 0.193 e. The SMILES string of the molecule is COc1ccc(-c2nsc(C)c2C2OC(C)O2)cc1. The predicted molar refractivity (Wildman–Crippen MR) is 73.2 cm³/mol. The van der Waals surface area contributed by atoms with Gasteiger partial charge in [0, 0.05) is 16.0 Å². The molecule has 0 atom stereocenters. The summed E-state index contributed by atoms with van der Waals surface area (Å²) >= 11 is 1.47. The molecule has 2 heterocycles. The van der Waals surface area contributed by atoms with Crippen molar-refractivity contribution in [3.8, 4) is 17.0 Å². The van der Waals surface area contributed by atoms with Crippen molar-refractivity contribution in [3.05, 3.63) is 34.7 Å². The van der Waals surface area contributed by atoms with Crippen LogP contribution in [0.2, 0.25) is 0 Å². The molecule has 2 aromatic rings. The normalized spacial score (nSPS) is 22.1. The van der Waals surface area contributed by atoms with Crippen LogP contribution in [-0.2, 0) is 9.47 Å². The lowest BCUT2D eigenvalue weighted by Crippen LogP contribution is -2.32. The Balaban J connectivity index is 1.95. The molecule has 0 bridgehead atoms. The molecule has 1 aromatic heterocycles. The highest BCUT2D eigenvalue weighted by Gasteiger charge is 2.33. The zero-order chi connectivity index (χ0) is 13.4. The Morgan fingerprint density at radius 1 is 1.21 bits per heavy atom. The van der Waals surface area contributed by atoms with Gasteiger partial charge in [-0.3, -0.25) is 0 Å². The zero-order valence-electron chi connectivity index (χ0n) is 11.0. The third kappa shape index (κ3) is 2.25. The average molecular weight is 277 g/mol. The Morgan fingerprint density at radius 3 is 2.47 bits per heavy atom. The molecule has 0 unspecified atom stereocenters. The van der Waals surface area contributed by atoms with Gasteiger partial charge in [-0.25, -0.2) is 0 Å². The lowest BCUT2D eigenvalue weighted by Gasteiger charge is -2.34. The van der Waals surface area contributed by atoms with Gasteiger partial charge in [0.25, 0.3) is 0 Å². The molecule has 1 fully saturated rings. The summed E-state index contributed by atoms with van der Waals surface area (Å²) < 4.78 is 20.9. The van der Waals surface area contributed by atoms with Gasteiger partial charge in [-0.05, 0) is 49.6 Å². The molecule has 0 radical (unpaired) electrons. The van der Waals surface area contributed by atoms with E-state index in [-0.39, 0.29) is 12.6 Å². The van der Waals surface area contributed by atoms with Crippen molar-refractivity contribution >= 4 is 11.5 Å². The van der Waals surface area contributed by atoms with E-state index in [1.165, 1.54) is 11.5 Å². The van der Waals surface area contributed by atoms with Crippen LogP contribution in [0.15, 0.2) is 24.3 Å². The van der Waals surface area contributed by atoms with E-state index in [4.69, 9.17) is 14.2 Å². The molecular formula is C14H15NO3S. The van der Waals surface area contributed by atoms with E-state index in [2.05, 4.69) is 4.37 Å². The number of ether oxygens (including phenoxy) is 3. The number of hydrogen-bond donors (Lipinski definition) is 0. The van der Waals surface area contributed by atoms with Crippen molar-refractivity contribution in [2.24, 2.45) is 0 Å². The summed E-state index contributed by atoms with van der Waals surface area (Å²) in [6.07, 6.45) is -0.418. The quantitative estimate of drug-likeness (QED) is 0.860. The van der Waals surface area contributed by atoms with Gasteiger partial charge >= 0.3 is 0 Å². The number of rotatable bonds is 3. The summed E-state index contributed by atoms with van der Waals surface area (Å²) in [4.78, 5) is 1.13. The Labute approximate surface area is 116 Å². The van der Waals surface area contributed by atoms with Crippen molar-refractivity contribution in [2.45, 2.75) is 26.4 Å². The minimum Gasteiger partial charge on any atom is -0.497 e. The second-order valence-corrected chi connectivity index (χ2v) is 5.38. The van der Waals surface area contributed by atoms with E-state index >= 15 is 0 Å². The summed E-state index contributed by atoms with van der Waals surface area (Å²) in [7, 11) is 1.66. The minimum absolute atomic E-state index is 0.131. The van der Waals surface area contributed by atoms with Crippen LogP contribution in [-0.4, -0.2) is 17.8 Å². The fourth-order valence-corrected chi connectivity index (χ4v) is 2.83.